The molecule has 0 bridgehead atoms. The van der Waals surface area contributed by atoms with Crippen LogP contribution in [-0.2, 0) is 21.4 Å². The molecule has 8 heteroatoms. The van der Waals surface area contributed by atoms with E-state index in [0.29, 0.717) is 26.2 Å². The zero-order valence-electron chi connectivity index (χ0n) is 19.9. The molecule has 2 aromatic rings. The van der Waals surface area contributed by atoms with E-state index in [2.05, 4.69) is 41.5 Å². The van der Waals surface area contributed by atoms with Gasteiger partial charge in [-0.25, -0.2) is 14.5 Å². The van der Waals surface area contributed by atoms with Crippen LogP contribution < -0.4 is 10.6 Å². The smallest absolute Gasteiger partial charge is 0.407 e. The number of pyridine rings is 1. The van der Waals surface area contributed by atoms with E-state index in [1.807, 2.05) is 56.6 Å². The summed E-state index contributed by atoms with van der Waals surface area (Å²) in [5.41, 5.74) is 1.31. The maximum Gasteiger partial charge on any atom is 0.407 e. The van der Waals surface area contributed by atoms with Crippen molar-refractivity contribution in [2.24, 2.45) is 0 Å². The first-order chi connectivity index (χ1) is 14.4. The SMILES string of the molecule is Cc1cc(Nc2cccc(CCOCCCNC(=O)OC(C)(C)C)n2)n(C(C)(C)C)n1. The van der Waals surface area contributed by atoms with Crippen molar-refractivity contribution in [3.05, 3.63) is 35.7 Å². The van der Waals surface area contributed by atoms with Crippen LogP contribution in [0.15, 0.2) is 24.3 Å². The zero-order chi connectivity index (χ0) is 23.1. The Morgan fingerprint density at radius 3 is 2.55 bits per heavy atom. The number of aromatic nitrogens is 3. The van der Waals surface area contributed by atoms with Crippen LogP contribution in [0.1, 0.15) is 59.4 Å². The first-order valence-corrected chi connectivity index (χ1v) is 10.8. The van der Waals surface area contributed by atoms with Gasteiger partial charge in [0.1, 0.15) is 17.2 Å². The second kappa shape index (κ2) is 10.6. The third-order valence-electron chi connectivity index (χ3n) is 4.17. The molecule has 0 spiro atoms. The Bertz CT molecular complexity index is 850. The molecule has 2 aromatic heterocycles. The van der Waals surface area contributed by atoms with Crippen molar-refractivity contribution in [3.63, 3.8) is 0 Å². The van der Waals surface area contributed by atoms with Gasteiger partial charge in [-0.05, 0) is 67.0 Å². The lowest BCUT2D eigenvalue weighted by atomic mass is 10.1. The van der Waals surface area contributed by atoms with E-state index < -0.39 is 11.7 Å². The van der Waals surface area contributed by atoms with Gasteiger partial charge in [-0.2, -0.15) is 5.10 Å². The van der Waals surface area contributed by atoms with Crippen LogP contribution in [0.5, 0.6) is 0 Å². The van der Waals surface area contributed by atoms with Gasteiger partial charge in [0, 0.05) is 31.3 Å². The van der Waals surface area contributed by atoms with Gasteiger partial charge < -0.3 is 20.1 Å². The lowest BCUT2D eigenvalue weighted by Crippen LogP contribution is -2.33. The van der Waals surface area contributed by atoms with Crippen molar-refractivity contribution in [1.29, 1.82) is 0 Å². The Morgan fingerprint density at radius 1 is 1.13 bits per heavy atom. The number of carbonyl (C=O) groups is 1. The number of ether oxygens (including phenoxy) is 2. The molecule has 0 radical (unpaired) electrons. The van der Waals surface area contributed by atoms with Crippen LogP contribution in [0.25, 0.3) is 0 Å². The Morgan fingerprint density at radius 2 is 1.87 bits per heavy atom. The Balaban J connectivity index is 1.74. The highest BCUT2D eigenvalue weighted by atomic mass is 16.6. The van der Waals surface area contributed by atoms with E-state index in [0.717, 1.165) is 29.4 Å². The van der Waals surface area contributed by atoms with E-state index in [1.54, 1.807) is 0 Å². The molecule has 0 atom stereocenters. The number of aryl methyl sites for hydroxylation is 1. The van der Waals surface area contributed by atoms with E-state index in [-0.39, 0.29) is 5.54 Å². The predicted octanol–water partition coefficient (Wildman–Crippen LogP) is 4.56. The lowest BCUT2D eigenvalue weighted by molar-refractivity contribution is 0.0520. The molecule has 2 N–H and O–H groups in total. The van der Waals surface area contributed by atoms with E-state index in [9.17, 15) is 4.79 Å². The number of rotatable bonds is 9. The predicted molar refractivity (Wildman–Crippen MR) is 123 cm³/mol. The van der Waals surface area contributed by atoms with Crippen molar-refractivity contribution < 1.29 is 14.3 Å². The second-order valence-corrected chi connectivity index (χ2v) is 9.54. The Labute approximate surface area is 185 Å². The highest BCUT2D eigenvalue weighted by molar-refractivity contribution is 5.67. The number of carbonyl (C=O) groups excluding carboxylic acids is 1. The molecule has 1 amide bonds. The van der Waals surface area contributed by atoms with Gasteiger partial charge in [0.25, 0.3) is 0 Å². The number of amides is 1. The molecule has 0 aliphatic heterocycles. The minimum absolute atomic E-state index is 0.125. The summed E-state index contributed by atoms with van der Waals surface area (Å²) in [6.45, 7) is 15.5. The summed E-state index contributed by atoms with van der Waals surface area (Å²) in [5, 5.41) is 10.7. The molecule has 172 valence electrons. The van der Waals surface area contributed by atoms with Crippen molar-refractivity contribution >= 4 is 17.7 Å². The van der Waals surface area contributed by atoms with Gasteiger partial charge >= 0.3 is 6.09 Å². The van der Waals surface area contributed by atoms with E-state index in [4.69, 9.17) is 9.47 Å². The molecule has 0 aromatic carbocycles. The summed E-state index contributed by atoms with van der Waals surface area (Å²) in [4.78, 5) is 16.3. The van der Waals surface area contributed by atoms with Gasteiger partial charge in [0.15, 0.2) is 0 Å². The van der Waals surface area contributed by atoms with Crippen molar-refractivity contribution in [1.82, 2.24) is 20.1 Å². The summed E-state index contributed by atoms with van der Waals surface area (Å²) in [6, 6.07) is 7.95. The lowest BCUT2D eigenvalue weighted by Gasteiger charge is -2.22. The summed E-state index contributed by atoms with van der Waals surface area (Å²) in [6.07, 6.45) is 1.04. The summed E-state index contributed by atoms with van der Waals surface area (Å²) in [5.74, 6) is 1.70. The van der Waals surface area contributed by atoms with Crippen molar-refractivity contribution in [3.8, 4) is 0 Å². The van der Waals surface area contributed by atoms with Crippen LogP contribution in [0.3, 0.4) is 0 Å². The molecule has 2 heterocycles. The maximum absolute atomic E-state index is 11.6. The van der Waals surface area contributed by atoms with E-state index in [1.165, 1.54) is 0 Å². The van der Waals surface area contributed by atoms with Gasteiger partial charge in [0.05, 0.1) is 17.8 Å². The van der Waals surface area contributed by atoms with Gasteiger partial charge in [-0.3, -0.25) is 0 Å². The molecular weight excluding hydrogens is 394 g/mol. The van der Waals surface area contributed by atoms with Crippen LogP contribution in [0, 0.1) is 6.92 Å². The highest BCUT2D eigenvalue weighted by Crippen LogP contribution is 2.23. The number of nitrogens with one attached hydrogen (secondary N) is 2. The van der Waals surface area contributed by atoms with Gasteiger partial charge in [-0.1, -0.05) is 6.07 Å². The molecule has 0 aliphatic carbocycles. The molecule has 31 heavy (non-hydrogen) atoms. The third kappa shape index (κ3) is 8.96. The third-order valence-corrected chi connectivity index (χ3v) is 4.17. The fraction of sp³-hybridized carbons (Fsp3) is 0.609. The maximum atomic E-state index is 11.6. The van der Waals surface area contributed by atoms with E-state index >= 15 is 0 Å². The Kier molecular flexibility index (Phi) is 8.44. The summed E-state index contributed by atoms with van der Waals surface area (Å²) >= 11 is 0. The molecule has 0 fully saturated rings. The molecule has 0 saturated carbocycles. The average molecular weight is 432 g/mol. The van der Waals surface area contributed by atoms with Crippen LogP contribution in [0.4, 0.5) is 16.4 Å². The number of hydrogen-bond donors (Lipinski definition) is 2. The van der Waals surface area contributed by atoms with Gasteiger partial charge in [0.2, 0.25) is 0 Å². The average Bonchev–Trinajstić information content (AvgIpc) is 3.00. The number of alkyl carbamates (subject to hydrolysis) is 1. The Hall–Kier alpha value is -2.61. The topological polar surface area (TPSA) is 90.3 Å². The number of nitrogens with zero attached hydrogens (tertiary/aromatic N) is 3. The molecule has 0 unspecified atom stereocenters. The standard InChI is InChI=1S/C23H37N5O3/c1-17-16-20(28(27-17)22(2,3)4)26-19-11-8-10-18(25-19)12-15-30-14-9-13-24-21(29)31-23(5,6)7/h8,10-11,16H,9,12-15H2,1-7H3,(H,24,29)(H,25,26). The molecule has 8 nitrogen and oxygen atoms in total. The zero-order valence-corrected chi connectivity index (χ0v) is 19.9. The summed E-state index contributed by atoms with van der Waals surface area (Å²) < 4.78 is 12.8. The number of hydrogen-bond acceptors (Lipinski definition) is 6. The minimum Gasteiger partial charge on any atom is -0.444 e. The van der Waals surface area contributed by atoms with Crippen LogP contribution >= 0.6 is 0 Å². The van der Waals surface area contributed by atoms with Crippen LogP contribution in [0.2, 0.25) is 0 Å². The fourth-order valence-electron chi connectivity index (χ4n) is 2.88. The summed E-state index contributed by atoms with van der Waals surface area (Å²) in [7, 11) is 0. The van der Waals surface area contributed by atoms with Crippen LogP contribution in [-0.4, -0.2) is 46.2 Å². The quantitative estimate of drug-likeness (QED) is 0.566. The first-order valence-electron chi connectivity index (χ1n) is 10.8. The minimum atomic E-state index is -0.484. The monoisotopic (exact) mass is 431 g/mol. The second-order valence-electron chi connectivity index (χ2n) is 9.54. The van der Waals surface area contributed by atoms with Crippen molar-refractivity contribution in [2.45, 2.75) is 72.4 Å². The normalized spacial score (nSPS) is 12.0. The fourth-order valence-corrected chi connectivity index (χ4v) is 2.88. The molecule has 2 rings (SSSR count). The first kappa shape index (κ1) is 24.7. The highest BCUT2D eigenvalue weighted by Gasteiger charge is 2.19. The molecule has 0 aliphatic rings. The molecular formula is C23H37N5O3. The molecule has 0 saturated heterocycles. The van der Waals surface area contributed by atoms with Crippen molar-refractivity contribution in [2.75, 3.05) is 25.1 Å². The number of anilines is 2. The van der Waals surface area contributed by atoms with Gasteiger partial charge in [-0.15, -0.1) is 0 Å². The largest absolute Gasteiger partial charge is 0.444 e.